The molecule has 0 aromatic carbocycles. The largest absolute Gasteiger partial charge is 0.393 e. The fourth-order valence-electron chi connectivity index (χ4n) is 8.33. The van der Waals surface area contributed by atoms with Gasteiger partial charge in [0.2, 0.25) is 0 Å². The number of carbonyl (C=O) groups excluding carboxylic acids is 1. The number of fused-ring (bicyclic) bond motifs is 4. The number of carbonyl (C=O) groups is 1. The van der Waals surface area contributed by atoms with E-state index in [4.69, 9.17) is 4.74 Å². The second kappa shape index (κ2) is 4.65. The Labute approximate surface area is 145 Å². The normalized spacial score (nSPS) is 61.3. The van der Waals surface area contributed by atoms with Crippen LogP contribution in [0.2, 0.25) is 0 Å². The first kappa shape index (κ1) is 15.8. The summed E-state index contributed by atoms with van der Waals surface area (Å²) in [5, 5.41) is 10.2. The van der Waals surface area contributed by atoms with E-state index in [2.05, 4.69) is 13.8 Å². The molecule has 24 heavy (non-hydrogen) atoms. The quantitative estimate of drug-likeness (QED) is 0.745. The monoisotopic (exact) mass is 332 g/mol. The third-order valence-corrected chi connectivity index (χ3v) is 9.55. The van der Waals surface area contributed by atoms with Crippen molar-refractivity contribution in [3.05, 3.63) is 0 Å². The van der Waals surface area contributed by atoms with Crippen LogP contribution in [0, 0.1) is 34.5 Å². The lowest BCUT2D eigenvalue weighted by molar-refractivity contribution is -0.133. The molecule has 3 nitrogen and oxygen atoms in total. The van der Waals surface area contributed by atoms with Gasteiger partial charge in [-0.1, -0.05) is 13.8 Å². The number of Topliss-reactive ketones (excluding diaryl/α,β-unsaturated/α-hetero) is 1. The van der Waals surface area contributed by atoms with Crippen molar-refractivity contribution in [1.82, 2.24) is 0 Å². The topological polar surface area (TPSA) is 49.8 Å². The van der Waals surface area contributed by atoms with Gasteiger partial charge in [0, 0.05) is 17.8 Å². The zero-order valence-electron chi connectivity index (χ0n) is 15.4. The Bertz CT molecular complexity index is 588. The van der Waals surface area contributed by atoms with Crippen molar-refractivity contribution in [3.63, 3.8) is 0 Å². The average Bonchev–Trinajstić information content (AvgIpc) is 3.08. The Balaban J connectivity index is 1.49. The van der Waals surface area contributed by atoms with Gasteiger partial charge in [0.25, 0.3) is 0 Å². The third-order valence-electron chi connectivity index (χ3n) is 9.55. The van der Waals surface area contributed by atoms with Crippen molar-refractivity contribution in [2.75, 3.05) is 0 Å². The standard InChI is InChI=1S/C21H32O3/c1-12(22)15-4-5-16-14-10-18-21(24-18)11-13(23)6-9-20(21,3)17(14)7-8-19(15,16)2/h13-18,23H,4-11H2,1-3H3/t13?,14?,15?,16?,17?,18-,19?,20?,21-/m0/s1. The molecule has 5 fully saturated rings. The van der Waals surface area contributed by atoms with E-state index in [-0.39, 0.29) is 28.5 Å². The molecule has 0 aromatic rings. The molecule has 0 radical (unpaired) electrons. The number of epoxide rings is 1. The molecular weight excluding hydrogens is 300 g/mol. The van der Waals surface area contributed by atoms with Gasteiger partial charge < -0.3 is 9.84 Å². The van der Waals surface area contributed by atoms with Crippen LogP contribution in [0.4, 0.5) is 0 Å². The molecule has 5 rings (SSSR count). The number of hydrogen-bond acceptors (Lipinski definition) is 3. The number of aliphatic hydroxyl groups excluding tert-OH is 1. The van der Waals surface area contributed by atoms with Crippen LogP contribution < -0.4 is 0 Å². The Hall–Kier alpha value is -0.410. The Morgan fingerprint density at radius 1 is 1.08 bits per heavy atom. The summed E-state index contributed by atoms with van der Waals surface area (Å²) in [4.78, 5) is 12.2. The predicted octanol–water partition coefficient (Wildman–Crippen LogP) is 3.73. The molecular formula is C21H32O3. The molecule has 4 saturated carbocycles. The van der Waals surface area contributed by atoms with Crippen LogP contribution in [-0.4, -0.2) is 28.7 Å². The molecule has 1 spiro atoms. The number of hydrogen-bond donors (Lipinski definition) is 1. The number of aliphatic hydroxyl groups is 1. The van der Waals surface area contributed by atoms with Gasteiger partial charge in [-0.05, 0) is 75.0 Å². The van der Waals surface area contributed by atoms with Gasteiger partial charge in [-0.2, -0.15) is 0 Å². The van der Waals surface area contributed by atoms with Crippen molar-refractivity contribution in [1.29, 1.82) is 0 Å². The molecule has 3 heteroatoms. The van der Waals surface area contributed by atoms with Gasteiger partial charge in [-0.25, -0.2) is 0 Å². The highest BCUT2D eigenvalue weighted by Gasteiger charge is 2.76. The van der Waals surface area contributed by atoms with Crippen LogP contribution in [0.3, 0.4) is 0 Å². The lowest BCUT2D eigenvalue weighted by Crippen LogP contribution is -2.58. The number of rotatable bonds is 1. The fraction of sp³-hybridized carbons (Fsp3) is 0.952. The first-order valence-corrected chi connectivity index (χ1v) is 10.2. The van der Waals surface area contributed by atoms with Crippen LogP contribution in [0.5, 0.6) is 0 Å². The number of ether oxygens (including phenoxy) is 1. The zero-order chi connectivity index (χ0) is 16.9. The van der Waals surface area contributed by atoms with Crippen LogP contribution in [-0.2, 0) is 9.53 Å². The maximum absolute atomic E-state index is 12.2. The summed E-state index contributed by atoms with van der Waals surface area (Å²) < 4.78 is 6.36. The molecule has 0 amide bonds. The third kappa shape index (κ3) is 1.69. The van der Waals surface area contributed by atoms with E-state index < -0.39 is 0 Å². The predicted molar refractivity (Wildman–Crippen MR) is 91.4 cm³/mol. The summed E-state index contributed by atoms with van der Waals surface area (Å²) in [5.74, 6) is 2.87. The highest BCUT2D eigenvalue weighted by Crippen LogP contribution is 2.73. The second-order valence-corrected chi connectivity index (χ2v) is 10.2. The molecule has 5 aliphatic rings. The fourth-order valence-corrected chi connectivity index (χ4v) is 8.33. The maximum Gasteiger partial charge on any atom is 0.133 e. The summed E-state index contributed by atoms with van der Waals surface area (Å²) in [6, 6.07) is 0. The molecule has 9 atom stereocenters. The van der Waals surface area contributed by atoms with E-state index in [0.717, 1.165) is 37.5 Å². The minimum Gasteiger partial charge on any atom is -0.393 e. The maximum atomic E-state index is 12.2. The van der Waals surface area contributed by atoms with Gasteiger partial charge >= 0.3 is 0 Å². The molecule has 4 aliphatic carbocycles. The molecule has 1 aliphatic heterocycles. The van der Waals surface area contributed by atoms with Gasteiger partial charge in [-0.3, -0.25) is 4.79 Å². The van der Waals surface area contributed by atoms with Crippen molar-refractivity contribution in [2.24, 2.45) is 34.5 Å². The van der Waals surface area contributed by atoms with Crippen LogP contribution in [0.25, 0.3) is 0 Å². The SMILES string of the molecule is CC(=O)C1CCC2C3C[C@@H]4O[C@@]45CC(O)CCC5(C)C3CCC12C. The molecule has 134 valence electrons. The van der Waals surface area contributed by atoms with Crippen LogP contribution >= 0.6 is 0 Å². The first-order chi connectivity index (χ1) is 11.3. The molecule has 1 N–H and O–H groups in total. The Morgan fingerprint density at radius 3 is 2.62 bits per heavy atom. The zero-order valence-corrected chi connectivity index (χ0v) is 15.4. The van der Waals surface area contributed by atoms with Gasteiger partial charge in [0.1, 0.15) is 11.4 Å². The van der Waals surface area contributed by atoms with Gasteiger partial charge in [0.15, 0.2) is 0 Å². The number of ketones is 1. The van der Waals surface area contributed by atoms with Crippen molar-refractivity contribution < 1.29 is 14.6 Å². The molecule has 1 saturated heterocycles. The summed E-state index contributed by atoms with van der Waals surface area (Å²) in [6.45, 7) is 6.69. The minimum atomic E-state index is -0.165. The van der Waals surface area contributed by atoms with Crippen molar-refractivity contribution >= 4 is 5.78 Å². The summed E-state index contributed by atoms with van der Waals surface area (Å²) in [6.07, 6.45) is 9.10. The highest BCUT2D eigenvalue weighted by molar-refractivity contribution is 5.79. The van der Waals surface area contributed by atoms with Crippen molar-refractivity contribution in [3.8, 4) is 0 Å². The van der Waals surface area contributed by atoms with Crippen molar-refractivity contribution in [2.45, 2.75) is 89.9 Å². The van der Waals surface area contributed by atoms with Crippen LogP contribution in [0.1, 0.15) is 72.1 Å². The van der Waals surface area contributed by atoms with E-state index in [1.165, 1.54) is 25.7 Å². The summed E-state index contributed by atoms with van der Waals surface area (Å²) in [5.41, 5.74) is 0.458. The van der Waals surface area contributed by atoms with E-state index >= 15 is 0 Å². The average molecular weight is 332 g/mol. The van der Waals surface area contributed by atoms with E-state index in [1.54, 1.807) is 0 Å². The molecule has 1 heterocycles. The van der Waals surface area contributed by atoms with Crippen LogP contribution in [0.15, 0.2) is 0 Å². The van der Waals surface area contributed by atoms with E-state index in [1.807, 2.05) is 6.92 Å². The molecule has 0 bridgehead atoms. The molecule has 7 unspecified atom stereocenters. The smallest absolute Gasteiger partial charge is 0.133 e. The first-order valence-electron chi connectivity index (χ1n) is 10.2. The minimum absolute atomic E-state index is 0.0157. The molecule has 0 aromatic heterocycles. The lowest BCUT2D eigenvalue weighted by Gasteiger charge is -2.59. The second-order valence-electron chi connectivity index (χ2n) is 10.2. The summed E-state index contributed by atoms with van der Waals surface area (Å²) in [7, 11) is 0. The summed E-state index contributed by atoms with van der Waals surface area (Å²) >= 11 is 0. The Morgan fingerprint density at radius 2 is 1.88 bits per heavy atom. The lowest BCUT2D eigenvalue weighted by atomic mass is 9.44. The van der Waals surface area contributed by atoms with E-state index in [9.17, 15) is 9.90 Å². The highest BCUT2D eigenvalue weighted by atomic mass is 16.6. The van der Waals surface area contributed by atoms with Gasteiger partial charge in [0.05, 0.1) is 12.2 Å². The van der Waals surface area contributed by atoms with E-state index in [0.29, 0.717) is 17.8 Å². The van der Waals surface area contributed by atoms with Gasteiger partial charge in [-0.15, -0.1) is 0 Å². The Kier molecular flexibility index (Phi) is 3.06.